The van der Waals surface area contributed by atoms with Crippen molar-refractivity contribution >= 4 is 14.8 Å². The SMILES string of the molecule is CCOC(=O)C(N)CC[Si](OC)(OC)OC. The molecule has 0 fully saturated rings. The molecule has 0 aromatic carbocycles. The number of hydrogen-bond acceptors (Lipinski definition) is 6. The van der Waals surface area contributed by atoms with E-state index < -0.39 is 20.8 Å². The van der Waals surface area contributed by atoms with E-state index in [9.17, 15) is 4.79 Å². The van der Waals surface area contributed by atoms with Crippen LogP contribution in [0.1, 0.15) is 13.3 Å². The van der Waals surface area contributed by atoms with Gasteiger partial charge in [-0.3, -0.25) is 4.79 Å². The van der Waals surface area contributed by atoms with E-state index in [2.05, 4.69) is 0 Å². The maximum atomic E-state index is 11.3. The monoisotopic (exact) mass is 251 g/mol. The van der Waals surface area contributed by atoms with E-state index in [0.29, 0.717) is 19.1 Å². The smallest absolute Gasteiger partial charge is 0.465 e. The van der Waals surface area contributed by atoms with Gasteiger partial charge < -0.3 is 23.7 Å². The van der Waals surface area contributed by atoms with Crippen molar-refractivity contribution in [2.45, 2.75) is 25.4 Å². The van der Waals surface area contributed by atoms with Gasteiger partial charge in [-0.2, -0.15) is 0 Å². The van der Waals surface area contributed by atoms with Crippen molar-refractivity contribution in [3.63, 3.8) is 0 Å². The minimum atomic E-state index is -2.64. The van der Waals surface area contributed by atoms with Crippen LogP contribution in [0.15, 0.2) is 0 Å². The average Bonchev–Trinajstić information content (AvgIpc) is 2.31. The molecule has 96 valence electrons. The summed E-state index contributed by atoms with van der Waals surface area (Å²) in [6, 6.07) is -0.177. The fourth-order valence-corrected chi connectivity index (χ4v) is 3.03. The summed E-state index contributed by atoms with van der Waals surface area (Å²) in [5.41, 5.74) is 5.66. The molecule has 0 aliphatic rings. The lowest BCUT2D eigenvalue weighted by molar-refractivity contribution is -0.144. The summed E-state index contributed by atoms with van der Waals surface area (Å²) in [5.74, 6) is -0.409. The molecule has 0 aliphatic heterocycles. The first-order valence-electron chi connectivity index (χ1n) is 5.12. The van der Waals surface area contributed by atoms with E-state index in [0.717, 1.165) is 0 Å². The topological polar surface area (TPSA) is 80.0 Å². The molecule has 0 bridgehead atoms. The molecule has 1 unspecified atom stereocenters. The quantitative estimate of drug-likeness (QED) is 0.488. The van der Waals surface area contributed by atoms with Crippen molar-refractivity contribution in [1.82, 2.24) is 0 Å². The van der Waals surface area contributed by atoms with Crippen molar-refractivity contribution in [2.24, 2.45) is 5.73 Å². The molecule has 0 radical (unpaired) electrons. The maximum Gasteiger partial charge on any atom is 0.500 e. The fourth-order valence-electron chi connectivity index (χ4n) is 1.26. The zero-order valence-corrected chi connectivity index (χ0v) is 11.3. The molecule has 7 heteroatoms. The summed E-state index contributed by atoms with van der Waals surface area (Å²) in [6.45, 7) is 2.07. The van der Waals surface area contributed by atoms with Crippen LogP contribution < -0.4 is 5.73 Å². The number of ether oxygens (including phenoxy) is 1. The molecule has 0 heterocycles. The van der Waals surface area contributed by atoms with Gasteiger partial charge in [-0.1, -0.05) is 0 Å². The van der Waals surface area contributed by atoms with Crippen molar-refractivity contribution in [2.75, 3.05) is 27.9 Å². The standard InChI is InChI=1S/C9H21NO5Si/c1-5-15-9(11)8(10)6-7-16(12-2,13-3)14-4/h8H,5-7,10H2,1-4H3. The Balaban J connectivity index is 4.15. The van der Waals surface area contributed by atoms with Crippen LogP contribution in [0, 0.1) is 0 Å². The van der Waals surface area contributed by atoms with E-state index in [1.54, 1.807) is 6.92 Å². The van der Waals surface area contributed by atoms with Crippen LogP contribution in [0.3, 0.4) is 0 Å². The van der Waals surface area contributed by atoms with Gasteiger partial charge in [0.15, 0.2) is 0 Å². The number of rotatable bonds is 8. The Morgan fingerprint density at radius 2 is 1.75 bits per heavy atom. The van der Waals surface area contributed by atoms with Gasteiger partial charge in [-0.15, -0.1) is 0 Å². The molecular formula is C9H21NO5Si. The lowest BCUT2D eigenvalue weighted by Gasteiger charge is -2.25. The third-order valence-electron chi connectivity index (χ3n) is 2.28. The predicted molar refractivity (Wildman–Crippen MR) is 60.8 cm³/mol. The molecule has 0 saturated heterocycles. The average molecular weight is 251 g/mol. The van der Waals surface area contributed by atoms with Crippen molar-refractivity contribution < 1.29 is 22.8 Å². The van der Waals surface area contributed by atoms with E-state index in [4.69, 9.17) is 23.7 Å². The number of esters is 1. The van der Waals surface area contributed by atoms with Crippen LogP contribution in [0.2, 0.25) is 6.04 Å². The highest BCUT2D eigenvalue weighted by molar-refractivity contribution is 6.60. The number of carbonyl (C=O) groups excluding carboxylic acids is 1. The van der Waals surface area contributed by atoms with Crippen LogP contribution in [0.5, 0.6) is 0 Å². The number of carbonyl (C=O) groups is 1. The first kappa shape index (κ1) is 15.5. The van der Waals surface area contributed by atoms with Gasteiger partial charge in [-0.25, -0.2) is 0 Å². The normalized spacial score (nSPS) is 13.6. The summed E-state index contributed by atoms with van der Waals surface area (Å²) in [6.07, 6.45) is 0.417. The number of nitrogens with two attached hydrogens (primary N) is 1. The van der Waals surface area contributed by atoms with Crippen LogP contribution >= 0.6 is 0 Å². The second kappa shape index (κ2) is 7.74. The molecule has 16 heavy (non-hydrogen) atoms. The summed E-state index contributed by atoms with van der Waals surface area (Å²) in [4.78, 5) is 11.3. The lowest BCUT2D eigenvalue weighted by atomic mass is 10.2. The molecule has 6 nitrogen and oxygen atoms in total. The second-order valence-corrected chi connectivity index (χ2v) is 6.28. The van der Waals surface area contributed by atoms with Crippen LogP contribution in [-0.4, -0.2) is 48.8 Å². The Morgan fingerprint density at radius 1 is 1.25 bits per heavy atom. The lowest BCUT2D eigenvalue weighted by Crippen LogP contribution is -2.45. The summed E-state index contributed by atoms with van der Waals surface area (Å²) < 4.78 is 20.4. The number of hydrogen-bond donors (Lipinski definition) is 1. The van der Waals surface area contributed by atoms with E-state index in [1.807, 2.05) is 0 Å². The minimum Gasteiger partial charge on any atom is -0.465 e. The Labute approximate surface area is 97.4 Å². The van der Waals surface area contributed by atoms with Crippen molar-refractivity contribution in [3.05, 3.63) is 0 Å². The molecule has 1 atom stereocenters. The largest absolute Gasteiger partial charge is 0.500 e. The van der Waals surface area contributed by atoms with E-state index in [-0.39, 0.29) is 0 Å². The Bertz CT molecular complexity index is 202. The van der Waals surface area contributed by atoms with Crippen LogP contribution in [0.25, 0.3) is 0 Å². The highest BCUT2D eigenvalue weighted by atomic mass is 28.4. The van der Waals surface area contributed by atoms with Crippen LogP contribution in [0.4, 0.5) is 0 Å². The molecule has 0 saturated carbocycles. The van der Waals surface area contributed by atoms with Crippen molar-refractivity contribution in [1.29, 1.82) is 0 Å². The van der Waals surface area contributed by atoms with Gasteiger partial charge in [0.2, 0.25) is 0 Å². The predicted octanol–water partition coefficient (Wildman–Crippen LogP) is 0.145. The summed E-state index contributed by atoms with van der Waals surface area (Å²) in [7, 11) is 1.93. The van der Waals surface area contributed by atoms with Crippen molar-refractivity contribution in [3.8, 4) is 0 Å². The Kier molecular flexibility index (Phi) is 7.51. The molecule has 0 aromatic rings. The third kappa shape index (κ3) is 4.58. The van der Waals surface area contributed by atoms with Gasteiger partial charge >= 0.3 is 14.8 Å². The third-order valence-corrected chi connectivity index (χ3v) is 5.05. The van der Waals surface area contributed by atoms with Gasteiger partial charge in [0.25, 0.3) is 0 Å². The highest BCUT2D eigenvalue weighted by Crippen LogP contribution is 2.16. The maximum absolute atomic E-state index is 11.3. The molecular weight excluding hydrogens is 230 g/mol. The molecule has 0 rings (SSSR count). The second-order valence-electron chi connectivity index (χ2n) is 3.19. The van der Waals surface area contributed by atoms with Gasteiger partial charge in [0, 0.05) is 27.4 Å². The molecule has 0 amide bonds. The van der Waals surface area contributed by atoms with Crippen LogP contribution in [-0.2, 0) is 22.8 Å². The van der Waals surface area contributed by atoms with Gasteiger partial charge in [0.1, 0.15) is 6.04 Å². The van der Waals surface area contributed by atoms with E-state index >= 15 is 0 Å². The highest BCUT2D eigenvalue weighted by Gasteiger charge is 2.38. The fraction of sp³-hybridized carbons (Fsp3) is 0.889. The molecule has 0 spiro atoms. The molecule has 0 aromatic heterocycles. The zero-order chi connectivity index (χ0) is 12.6. The molecule has 2 N–H and O–H groups in total. The van der Waals surface area contributed by atoms with Gasteiger partial charge in [0.05, 0.1) is 6.61 Å². The Hall–Kier alpha value is -0.473. The molecule has 0 aliphatic carbocycles. The first-order valence-corrected chi connectivity index (χ1v) is 7.06. The Morgan fingerprint density at radius 3 is 2.12 bits per heavy atom. The van der Waals surface area contributed by atoms with Gasteiger partial charge in [-0.05, 0) is 13.3 Å². The summed E-state index contributed by atoms with van der Waals surface area (Å²) >= 11 is 0. The van der Waals surface area contributed by atoms with E-state index in [1.165, 1.54) is 21.3 Å². The zero-order valence-electron chi connectivity index (χ0n) is 10.3. The minimum absolute atomic E-state index is 0.327. The summed E-state index contributed by atoms with van der Waals surface area (Å²) in [5, 5.41) is 0. The first-order chi connectivity index (χ1) is 7.55.